The largest absolute Gasteiger partial charge is 0.507 e. The van der Waals surface area contributed by atoms with E-state index in [0.29, 0.717) is 18.9 Å². The highest BCUT2D eigenvalue weighted by Gasteiger charge is 2.23. The lowest BCUT2D eigenvalue weighted by atomic mass is 10.1. The van der Waals surface area contributed by atoms with Gasteiger partial charge in [-0.2, -0.15) is 0 Å². The number of nitrogens with one attached hydrogen (secondary N) is 1. The Morgan fingerprint density at radius 2 is 2.38 bits per heavy atom. The summed E-state index contributed by atoms with van der Waals surface area (Å²) in [6.45, 7) is 1.75. The third kappa shape index (κ3) is 2.10. The van der Waals surface area contributed by atoms with Crippen LogP contribution in [-0.2, 0) is 4.74 Å². The highest BCUT2D eigenvalue weighted by Crippen LogP contribution is 2.33. The predicted molar refractivity (Wildman–Crippen MR) is 56.2 cm³/mol. The van der Waals surface area contributed by atoms with Crippen molar-refractivity contribution in [3.63, 3.8) is 0 Å². The first-order valence-corrected chi connectivity index (χ1v) is 5.11. The first-order valence-electron chi connectivity index (χ1n) is 5.11. The Morgan fingerprint density at radius 3 is 2.94 bits per heavy atom. The number of hydrogen-bond donors (Lipinski definition) is 2. The quantitative estimate of drug-likeness (QED) is 0.797. The molecule has 4 nitrogen and oxygen atoms in total. The van der Waals surface area contributed by atoms with Gasteiger partial charge in [0.15, 0.2) is 0 Å². The van der Waals surface area contributed by atoms with Crippen molar-refractivity contribution in [2.75, 3.05) is 26.8 Å². The average Bonchev–Trinajstić information content (AvgIpc) is 2.29. The Hall–Kier alpha value is -1.33. The van der Waals surface area contributed by atoms with E-state index in [4.69, 9.17) is 9.47 Å². The van der Waals surface area contributed by atoms with Crippen molar-refractivity contribution in [1.82, 2.24) is 5.32 Å². The van der Waals surface area contributed by atoms with E-state index < -0.39 is 11.9 Å². The lowest BCUT2D eigenvalue weighted by molar-refractivity contribution is 0.0240. The fourth-order valence-electron chi connectivity index (χ4n) is 1.77. The highest BCUT2D eigenvalue weighted by atomic mass is 19.1. The van der Waals surface area contributed by atoms with Gasteiger partial charge in [-0.25, -0.2) is 4.39 Å². The summed E-state index contributed by atoms with van der Waals surface area (Å²) in [4.78, 5) is 0. The molecule has 1 fully saturated rings. The molecule has 5 heteroatoms. The molecule has 1 aliphatic heterocycles. The molecule has 1 aromatic rings. The van der Waals surface area contributed by atoms with E-state index in [1.807, 2.05) is 0 Å². The van der Waals surface area contributed by atoms with Crippen LogP contribution in [0.3, 0.4) is 0 Å². The summed E-state index contributed by atoms with van der Waals surface area (Å²) >= 11 is 0. The fraction of sp³-hybridized carbons (Fsp3) is 0.455. The summed E-state index contributed by atoms with van der Waals surface area (Å²) in [5.41, 5.74) is 0.188. The molecule has 0 bridgehead atoms. The maximum atomic E-state index is 13.7. The molecule has 2 N–H and O–H groups in total. The van der Waals surface area contributed by atoms with Crippen LogP contribution >= 0.6 is 0 Å². The van der Waals surface area contributed by atoms with Crippen molar-refractivity contribution >= 4 is 0 Å². The summed E-state index contributed by atoms with van der Waals surface area (Å²) in [5.74, 6) is -0.349. The second-order valence-corrected chi connectivity index (χ2v) is 3.61. The van der Waals surface area contributed by atoms with Crippen molar-refractivity contribution in [2.24, 2.45) is 0 Å². The molecule has 0 aliphatic carbocycles. The van der Waals surface area contributed by atoms with Gasteiger partial charge in [-0.1, -0.05) is 0 Å². The molecule has 1 atom stereocenters. The van der Waals surface area contributed by atoms with Gasteiger partial charge in [0.1, 0.15) is 23.4 Å². The van der Waals surface area contributed by atoms with Gasteiger partial charge in [-0.05, 0) is 0 Å². The molecule has 0 spiro atoms. The lowest BCUT2D eigenvalue weighted by Crippen LogP contribution is -2.33. The minimum atomic E-state index is -0.509. The number of methoxy groups -OCH3 is 1. The molecule has 1 saturated heterocycles. The van der Waals surface area contributed by atoms with Crippen LogP contribution in [0.15, 0.2) is 12.1 Å². The van der Waals surface area contributed by atoms with E-state index in [1.54, 1.807) is 0 Å². The van der Waals surface area contributed by atoms with E-state index in [1.165, 1.54) is 19.2 Å². The first-order chi connectivity index (χ1) is 7.72. The van der Waals surface area contributed by atoms with Crippen LogP contribution in [0, 0.1) is 5.82 Å². The van der Waals surface area contributed by atoms with Gasteiger partial charge in [0.05, 0.1) is 19.3 Å². The minimum absolute atomic E-state index is 0.134. The minimum Gasteiger partial charge on any atom is -0.507 e. The smallest absolute Gasteiger partial charge is 0.136 e. The lowest BCUT2D eigenvalue weighted by Gasteiger charge is -2.25. The van der Waals surface area contributed by atoms with Gasteiger partial charge in [0.2, 0.25) is 0 Å². The van der Waals surface area contributed by atoms with Crippen LogP contribution in [0.1, 0.15) is 11.7 Å². The molecule has 1 aliphatic rings. The maximum absolute atomic E-state index is 13.7. The number of aromatic hydroxyl groups is 1. The molecular formula is C11H14FNO3. The molecule has 0 saturated carbocycles. The highest BCUT2D eigenvalue weighted by molar-refractivity contribution is 5.42. The summed E-state index contributed by atoms with van der Waals surface area (Å²) in [6, 6.07) is 2.63. The summed E-state index contributed by atoms with van der Waals surface area (Å²) < 4.78 is 24.0. The van der Waals surface area contributed by atoms with Crippen LogP contribution in [-0.4, -0.2) is 31.9 Å². The molecule has 2 rings (SSSR count). The summed E-state index contributed by atoms with van der Waals surface area (Å²) in [6.07, 6.45) is -0.445. The van der Waals surface area contributed by atoms with Crippen molar-refractivity contribution < 1.29 is 19.0 Å². The Bertz CT molecular complexity index is 354. The van der Waals surface area contributed by atoms with Gasteiger partial charge >= 0.3 is 0 Å². The van der Waals surface area contributed by atoms with Crippen LogP contribution in [0.5, 0.6) is 11.5 Å². The molecule has 0 aromatic heterocycles. The molecule has 16 heavy (non-hydrogen) atoms. The zero-order valence-electron chi connectivity index (χ0n) is 9.00. The molecule has 1 unspecified atom stereocenters. The van der Waals surface area contributed by atoms with Crippen LogP contribution in [0.25, 0.3) is 0 Å². The topological polar surface area (TPSA) is 50.7 Å². The van der Waals surface area contributed by atoms with Crippen molar-refractivity contribution in [3.8, 4) is 11.5 Å². The standard InChI is InChI=1S/C11H14FNO3/c1-15-7-4-8(12)11(9(14)5-7)10-6-13-2-3-16-10/h4-5,10,13-14H,2-3,6H2,1H3. The molecule has 88 valence electrons. The van der Waals surface area contributed by atoms with E-state index in [-0.39, 0.29) is 11.3 Å². The van der Waals surface area contributed by atoms with Crippen molar-refractivity contribution in [1.29, 1.82) is 0 Å². The number of halogens is 1. The number of morpholine rings is 1. The van der Waals surface area contributed by atoms with E-state index in [2.05, 4.69) is 5.32 Å². The monoisotopic (exact) mass is 227 g/mol. The average molecular weight is 227 g/mol. The maximum Gasteiger partial charge on any atom is 0.136 e. The number of ether oxygens (including phenoxy) is 2. The Balaban J connectivity index is 2.32. The fourth-order valence-corrected chi connectivity index (χ4v) is 1.77. The number of phenols is 1. The second-order valence-electron chi connectivity index (χ2n) is 3.61. The van der Waals surface area contributed by atoms with Gasteiger partial charge in [-0.15, -0.1) is 0 Å². The Morgan fingerprint density at radius 1 is 1.56 bits per heavy atom. The van der Waals surface area contributed by atoms with Gasteiger partial charge in [-0.3, -0.25) is 0 Å². The van der Waals surface area contributed by atoms with E-state index >= 15 is 0 Å². The molecular weight excluding hydrogens is 213 g/mol. The first kappa shape index (κ1) is 11.2. The summed E-state index contributed by atoms with van der Waals surface area (Å²) in [7, 11) is 1.42. The zero-order valence-corrected chi connectivity index (χ0v) is 9.00. The van der Waals surface area contributed by atoms with Crippen LogP contribution in [0.4, 0.5) is 4.39 Å². The summed E-state index contributed by atoms with van der Waals surface area (Å²) in [5, 5.41) is 12.8. The van der Waals surface area contributed by atoms with Gasteiger partial charge in [0, 0.05) is 25.2 Å². The number of hydrogen-bond acceptors (Lipinski definition) is 4. The van der Waals surface area contributed by atoms with Crippen LogP contribution < -0.4 is 10.1 Å². The van der Waals surface area contributed by atoms with Crippen molar-refractivity contribution in [3.05, 3.63) is 23.5 Å². The molecule has 0 amide bonds. The van der Waals surface area contributed by atoms with Gasteiger partial charge < -0.3 is 19.9 Å². The number of phenolic OH excluding ortho intramolecular Hbond substituents is 1. The predicted octanol–water partition coefficient (Wildman–Crippen LogP) is 1.20. The SMILES string of the molecule is COc1cc(O)c(C2CNCCO2)c(F)c1. The molecule has 1 aromatic carbocycles. The third-order valence-corrected chi connectivity index (χ3v) is 2.57. The third-order valence-electron chi connectivity index (χ3n) is 2.57. The van der Waals surface area contributed by atoms with Gasteiger partial charge in [0.25, 0.3) is 0 Å². The number of benzene rings is 1. The molecule has 1 heterocycles. The molecule has 0 radical (unpaired) electrons. The Kier molecular flexibility index (Phi) is 3.26. The second kappa shape index (κ2) is 4.67. The Labute approximate surface area is 93.0 Å². The zero-order chi connectivity index (χ0) is 11.5. The number of rotatable bonds is 2. The van der Waals surface area contributed by atoms with E-state index in [0.717, 1.165) is 6.54 Å². The van der Waals surface area contributed by atoms with E-state index in [9.17, 15) is 9.50 Å². The normalized spacial score (nSPS) is 20.8. The van der Waals surface area contributed by atoms with Crippen LogP contribution in [0.2, 0.25) is 0 Å². The van der Waals surface area contributed by atoms with Crippen molar-refractivity contribution in [2.45, 2.75) is 6.10 Å².